The molecule has 6 rings (SSSR count). The minimum absolute atomic E-state index is 0.0113. The summed E-state index contributed by atoms with van der Waals surface area (Å²) in [6.45, 7) is 1.91. The van der Waals surface area contributed by atoms with E-state index < -0.39 is 29.4 Å². The summed E-state index contributed by atoms with van der Waals surface area (Å²) in [4.78, 5) is 28.0. The Kier molecular flexibility index (Phi) is 4.94. The number of carbonyl (C=O) groups excluding carboxylic acids is 1. The van der Waals surface area contributed by atoms with Crippen molar-refractivity contribution in [3.05, 3.63) is 58.8 Å². The van der Waals surface area contributed by atoms with Crippen LogP contribution in [0.5, 0.6) is 0 Å². The summed E-state index contributed by atoms with van der Waals surface area (Å²) in [6.07, 6.45) is 1.92. The first-order valence-corrected chi connectivity index (χ1v) is 11.5. The standard InChI is InChI=1S/C23H23F3N8O/c24-23(25,26)20-16(21(35)31-18-3-2-17-15(18)1-4-19(27)30-17)11-34(32-20)8-12-6-28-22(29-7-12)33-9-13-5-14(13)10-33/h1,4,6-7,11,13-14,18H,2-3,5,8-10H2,(H2,27,30)(H,31,35)/t13?,14?,18-/m1/s1. The van der Waals surface area contributed by atoms with Gasteiger partial charge in [-0.1, -0.05) is 6.07 Å². The molecule has 3 aromatic heterocycles. The van der Waals surface area contributed by atoms with Gasteiger partial charge in [-0.3, -0.25) is 9.48 Å². The zero-order chi connectivity index (χ0) is 24.3. The van der Waals surface area contributed by atoms with E-state index in [1.165, 1.54) is 6.42 Å². The Balaban J connectivity index is 1.19. The first-order valence-electron chi connectivity index (χ1n) is 11.5. The molecule has 182 valence electrons. The SMILES string of the molecule is Nc1ccc2c(n1)CC[C@H]2NC(=O)c1cn(Cc2cnc(N3CC4CC4C3)nc2)nc1C(F)(F)F. The predicted molar refractivity (Wildman–Crippen MR) is 119 cm³/mol. The van der Waals surface area contributed by atoms with Gasteiger partial charge in [0.05, 0.1) is 18.2 Å². The fourth-order valence-corrected chi connectivity index (χ4v) is 5.09. The number of carbonyl (C=O) groups is 1. The number of nitrogens with zero attached hydrogens (tertiary/aromatic N) is 6. The lowest BCUT2D eigenvalue weighted by Crippen LogP contribution is -2.28. The molecular formula is C23H23F3N8O. The number of hydrogen-bond donors (Lipinski definition) is 2. The smallest absolute Gasteiger partial charge is 0.384 e. The lowest BCUT2D eigenvalue weighted by molar-refractivity contribution is -0.141. The summed E-state index contributed by atoms with van der Waals surface area (Å²) in [6, 6.07) is 2.92. The lowest BCUT2D eigenvalue weighted by atomic mass is 10.1. The number of hydrogen-bond acceptors (Lipinski definition) is 7. The van der Waals surface area contributed by atoms with Crippen molar-refractivity contribution in [1.82, 2.24) is 30.0 Å². The van der Waals surface area contributed by atoms with Gasteiger partial charge in [-0.25, -0.2) is 15.0 Å². The van der Waals surface area contributed by atoms with Gasteiger partial charge in [0.15, 0.2) is 5.69 Å². The summed E-state index contributed by atoms with van der Waals surface area (Å²) >= 11 is 0. The van der Waals surface area contributed by atoms with E-state index >= 15 is 0 Å². The molecule has 0 aromatic carbocycles. The van der Waals surface area contributed by atoms with E-state index in [1.807, 2.05) is 0 Å². The van der Waals surface area contributed by atoms with Crippen molar-refractivity contribution in [2.45, 2.75) is 38.0 Å². The number of anilines is 2. The Labute approximate surface area is 198 Å². The number of alkyl halides is 3. The molecule has 3 atom stereocenters. The third-order valence-electron chi connectivity index (χ3n) is 6.95. The molecule has 4 heterocycles. The van der Waals surface area contributed by atoms with Crippen LogP contribution in [0, 0.1) is 11.8 Å². The number of halogens is 3. The molecule has 0 bridgehead atoms. The fraction of sp³-hybridized carbons (Fsp3) is 0.435. The van der Waals surface area contributed by atoms with Crippen LogP contribution in [0.15, 0.2) is 30.7 Å². The molecule has 3 aliphatic rings. The average molecular weight is 484 g/mol. The molecule has 3 N–H and O–H groups in total. The fourth-order valence-electron chi connectivity index (χ4n) is 5.09. The molecule has 1 amide bonds. The molecular weight excluding hydrogens is 461 g/mol. The van der Waals surface area contributed by atoms with Gasteiger partial charge in [0.25, 0.3) is 5.91 Å². The van der Waals surface area contributed by atoms with Gasteiger partial charge in [0, 0.05) is 42.9 Å². The topological polar surface area (TPSA) is 115 Å². The third-order valence-corrected chi connectivity index (χ3v) is 6.95. The Bertz CT molecular complexity index is 1280. The summed E-state index contributed by atoms with van der Waals surface area (Å²) in [5, 5.41) is 6.38. The number of amides is 1. The van der Waals surface area contributed by atoms with Crippen LogP contribution < -0.4 is 16.0 Å². The molecule has 1 saturated heterocycles. The molecule has 2 unspecified atom stereocenters. The van der Waals surface area contributed by atoms with Crippen molar-refractivity contribution in [3.8, 4) is 0 Å². The van der Waals surface area contributed by atoms with Crippen LogP contribution in [0.3, 0.4) is 0 Å². The van der Waals surface area contributed by atoms with Crippen molar-refractivity contribution in [1.29, 1.82) is 0 Å². The molecule has 9 nitrogen and oxygen atoms in total. The highest BCUT2D eigenvalue weighted by atomic mass is 19.4. The number of aromatic nitrogens is 5. The first kappa shape index (κ1) is 21.8. The highest BCUT2D eigenvalue weighted by Gasteiger charge is 2.45. The Morgan fingerprint density at radius 2 is 1.91 bits per heavy atom. The first-order chi connectivity index (χ1) is 16.7. The quantitative estimate of drug-likeness (QED) is 0.572. The normalized spacial score (nSPS) is 22.7. The van der Waals surface area contributed by atoms with E-state index in [9.17, 15) is 18.0 Å². The van der Waals surface area contributed by atoms with Crippen LogP contribution in [0.2, 0.25) is 0 Å². The summed E-state index contributed by atoms with van der Waals surface area (Å²) < 4.78 is 42.2. The van der Waals surface area contributed by atoms with Crippen molar-refractivity contribution in [3.63, 3.8) is 0 Å². The minimum atomic E-state index is -4.78. The van der Waals surface area contributed by atoms with Gasteiger partial charge in [0.2, 0.25) is 5.95 Å². The summed E-state index contributed by atoms with van der Waals surface area (Å²) in [5.41, 5.74) is 6.06. The van der Waals surface area contributed by atoms with Crippen LogP contribution in [0.25, 0.3) is 0 Å². The zero-order valence-corrected chi connectivity index (χ0v) is 18.7. The number of nitrogen functional groups attached to an aromatic ring is 1. The monoisotopic (exact) mass is 484 g/mol. The van der Waals surface area contributed by atoms with Crippen molar-refractivity contribution >= 4 is 17.7 Å². The summed E-state index contributed by atoms with van der Waals surface area (Å²) in [7, 11) is 0. The molecule has 35 heavy (non-hydrogen) atoms. The zero-order valence-electron chi connectivity index (χ0n) is 18.7. The highest BCUT2D eigenvalue weighted by Crippen LogP contribution is 2.45. The number of nitrogens with one attached hydrogen (secondary N) is 1. The van der Waals surface area contributed by atoms with Crippen LogP contribution >= 0.6 is 0 Å². The van der Waals surface area contributed by atoms with Crippen LogP contribution in [-0.2, 0) is 19.1 Å². The van der Waals surface area contributed by atoms with Gasteiger partial charge >= 0.3 is 6.18 Å². The number of nitrogens with two attached hydrogens (primary N) is 1. The maximum atomic E-state index is 13.7. The van der Waals surface area contributed by atoms with Crippen molar-refractivity contribution in [2.75, 3.05) is 23.7 Å². The molecule has 1 saturated carbocycles. The maximum absolute atomic E-state index is 13.7. The molecule has 1 aliphatic heterocycles. The van der Waals surface area contributed by atoms with Crippen molar-refractivity contribution in [2.24, 2.45) is 11.8 Å². The Hall–Kier alpha value is -3.70. The van der Waals surface area contributed by atoms with Crippen LogP contribution in [0.4, 0.5) is 24.9 Å². The number of fused-ring (bicyclic) bond motifs is 2. The molecule has 3 aromatic rings. The number of rotatable bonds is 5. The van der Waals surface area contributed by atoms with E-state index in [2.05, 4.69) is 30.3 Å². The van der Waals surface area contributed by atoms with Gasteiger partial charge in [-0.2, -0.15) is 18.3 Å². The molecule has 0 radical (unpaired) electrons. The van der Waals surface area contributed by atoms with E-state index in [0.717, 1.165) is 47.1 Å². The van der Waals surface area contributed by atoms with Gasteiger partial charge < -0.3 is 16.0 Å². The van der Waals surface area contributed by atoms with E-state index in [1.54, 1.807) is 24.5 Å². The van der Waals surface area contributed by atoms with Crippen molar-refractivity contribution < 1.29 is 18.0 Å². The van der Waals surface area contributed by atoms with Crippen LogP contribution in [-0.4, -0.2) is 43.7 Å². The van der Waals surface area contributed by atoms with Gasteiger partial charge in [0.1, 0.15) is 5.82 Å². The Morgan fingerprint density at radius 3 is 2.63 bits per heavy atom. The van der Waals surface area contributed by atoms with Gasteiger partial charge in [-0.05, 0) is 42.7 Å². The molecule has 2 fully saturated rings. The maximum Gasteiger partial charge on any atom is 0.435 e. The lowest BCUT2D eigenvalue weighted by Gasteiger charge is -2.17. The molecule has 0 spiro atoms. The molecule has 2 aliphatic carbocycles. The second-order valence-corrected chi connectivity index (χ2v) is 9.48. The second kappa shape index (κ2) is 7.92. The average Bonchev–Trinajstić information content (AvgIpc) is 3.17. The number of piperidine rings is 1. The Morgan fingerprint density at radius 1 is 1.17 bits per heavy atom. The number of aryl methyl sites for hydroxylation is 1. The number of pyridine rings is 1. The predicted octanol–water partition coefficient (Wildman–Crippen LogP) is 2.59. The van der Waals surface area contributed by atoms with E-state index in [-0.39, 0.29) is 6.54 Å². The third kappa shape index (κ3) is 4.17. The van der Waals surface area contributed by atoms with E-state index in [0.29, 0.717) is 30.2 Å². The largest absolute Gasteiger partial charge is 0.435 e. The highest BCUT2D eigenvalue weighted by molar-refractivity contribution is 5.95. The molecule has 12 heteroatoms. The summed E-state index contributed by atoms with van der Waals surface area (Å²) in [5.74, 6) is 1.63. The van der Waals surface area contributed by atoms with E-state index in [4.69, 9.17) is 5.73 Å². The van der Waals surface area contributed by atoms with Gasteiger partial charge in [-0.15, -0.1) is 0 Å². The minimum Gasteiger partial charge on any atom is -0.384 e. The van der Waals surface area contributed by atoms with Crippen LogP contribution in [0.1, 0.15) is 51.8 Å². The second-order valence-electron chi connectivity index (χ2n) is 9.48.